The number of aromatic amines is 1. The Labute approximate surface area is 91.0 Å². The van der Waals surface area contributed by atoms with Gasteiger partial charge in [0.05, 0.1) is 5.69 Å². The lowest BCUT2D eigenvalue weighted by Crippen LogP contribution is -1.96. The first-order valence-electron chi connectivity index (χ1n) is 4.17. The number of aryl methyl sites for hydroxylation is 1. The summed E-state index contributed by atoms with van der Waals surface area (Å²) in [6, 6.07) is 1.97. The highest BCUT2D eigenvalue weighted by atomic mass is 32.1. The predicted molar refractivity (Wildman–Crippen MR) is 60.0 cm³/mol. The first-order chi connectivity index (χ1) is 6.68. The Hall–Kier alpha value is -1.07. The minimum atomic E-state index is 0.643. The van der Waals surface area contributed by atoms with E-state index in [-0.39, 0.29) is 0 Å². The molecule has 2 heterocycles. The Kier molecular flexibility index (Phi) is 2.43. The minimum absolute atomic E-state index is 0.643. The Bertz CT molecular complexity index is 499. The minimum Gasteiger partial charge on any atom is -0.342 e. The molecule has 2 aromatic rings. The zero-order valence-corrected chi connectivity index (χ0v) is 9.50. The molecule has 0 spiro atoms. The van der Waals surface area contributed by atoms with Crippen molar-refractivity contribution in [1.82, 2.24) is 14.3 Å². The van der Waals surface area contributed by atoms with E-state index >= 15 is 0 Å². The van der Waals surface area contributed by atoms with Crippen molar-refractivity contribution in [1.29, 1.82) is 0 Å². The molecule has 0 fully saturated rings. The maximum Gasteiger partial charge on any atom is 0.133 e. The zero-order chi connectivity index (χ0) is 10.1. The third kappa shape index (κ3) is 1.60. The molecular weight excluding hydrogens is 214 g/mol. The van der Waals surface area contributed by atoms with Gasteiger partial charge in [0.1, 0.15) is 16.2 Å². The first-order valence-corrected chi connectivity index (χ1v) is 5.41. The summed E-state index contributed by atoms with van der Waals surface area (Å²) in [6.45, 7) is 3.85. The van der Waals surface area contributed by atoms with Crippen LogP contribution in [0.4, 0.5) is 0 Å². The van der Waals surface area contributed by atoms with Crippen LogP contribution in [0, 0.1) is 18.5 Å². The molecule has 0 saturated carbocycles. The topological polar surface area (TPSA) is 41.6 Å². The second-order valence-corrected chi connectivity index (χ2v) is 4.06. The zero-order valence-electron chi connectivity index (χ0n) is 7.87. The molecule has 14 heavy (non-hydrogen) atoms. The Morgan fingerprint density at radius 2 is 2.21 bits per heavy atom. The molecule has 0 atom stereocenters. The fourth-order valence-corrected chi connectivity index (χ4v) is 2.00. The number of hydrogen-bond donors (Lipinski definition) is 1. The lowest BCUT2D eigenvalue weighted by Gasteiger charge is -2.03. The van der Waals surface area contributed by atoms with Crippen LogP contribution in [0.25, 0.3) is 11.4 Å². The summed E-state index contributed by atoms with van der Waals surface area (Å²) in [7, 11) is 0. The number of H-pyrrole nitrogens is 1. The summed E-state index contributed by atoms with van der Waals surface area (Å²) < 4.78 is 4.91. The molecule has 2 rings (SSSR count). The second kappa shape index (κ2) is 3.59. The van der Waals surface area contributed by atoms with Gasteiger partial charge in [-0.15, -0.1) is 0 Å². The van der Waals surface area contributed by atoms with E-state index in [9.17, 15) is 0 Å². The lowest BCUT2D eigenvalue weighted by molar-refractivity contribution is 1.02. The van der Waals surface area contributed by atoms with E-state index < -0.39 is 0 Å². The molecule has 0 aliphatic rings. The predicted octanol–water partition coefficient (Wildman–Crippen LogP) is 2.88. The van der Waals surface area contributed by atoms with Crippen LogP contribution in [0.3, 0.4) is 0 Å². The molecule has 0 aliphatic carbocycles. The van der Waals surface area contributed by atoms with Gasteiger partial charge in [0.25, 0.3) is 0 Å². The van der Waals surface area contributed by atoms with Crippen molar-refractivity contribution >= 4 is 23.8 Å². The molecule has 0 radical (unpaired) electrons. The van der Waals surface area contributed by atoms with Gasteiger partial charge < -0.3 is 4.98 Å². The van der Waals surface area contributed by atoms with Crippen molar-refractivity contribution in [3.8, 4) is 11.4 Å². The van der Waals surface area contributed by atoms with E-state index in [1.165, 1.54) is 11.5 Å². The maximum atomic E-state index is 5.15. The van der Waals surface area contributed by atoms with Crippen molar-refractivity contribution in [2.45, 2.75) is 13.8 Å². The summed E-state index contributed by atoms with van der Waals surface area (Å²) in [4.78, 5) is 7.36. The number of rotatable bonds is 1. The van der Waals surface area contributed by atoms with E-state index in [4.69, 9.17) is 12.2 Å². The third-order valence-electron chi connectivity index (χ3n) is 1.96. The summed E-state index contributed by atoms with van der Waals surface area (Å²) in [5.74, 6) is 0.823. The molecule has 72 valence electrons. The average molecular weight is 223 g/mol. The number of nitrogens with zero attached hydrogens (tertiary/aromatic N) is 2. The van der Waals surface area contributed by atoms with Crippen LogP contribution < -0.4 is 0 Å². The fraction of sp³-hybridized carbons (Fsp3) is 0.222. The first kappa shape index (κ1) is 9.48. The molecular formula is C9H9N3S2. The standard InChI is InChI=1S/C9H9N3S2/c1-5-8(7-3-4-14-12-7)10-6(2)11-9(5)13/h3-4H,1-2H3,(H,10,11,13). The van der Waals surface area contributed by atoms with Crippen LogP contribution in [0.1, 0.15) is 11.4 Å². The smallest absolute Gasteiger partial charge is 0.133 e. The van der Waals surface area contributed by atoms with Crippen LogP contribution in [-0.2, 0) is 0 Å². The summed E-state index contributed by atoms with van der Waals surface area (Å²) in [6.07, 6.45) is 0. The quantitative estimate of drug-likeness (QED) is 0.756. The lowest BCUT2D eigenvalue weighted by atomic mass is 10.2. The highest BCUT2D eigenvalue weighted by Gasteiger charge is 2.06. The van der Waals surface area contributed by atoms with Crippen LogP contribution in [0.2, 0.25) is 0 Å². The van der Waals surface area contributed by atoms with Gasteiger partial charge in [0.2, 0.25) is 0 Å². The van der Waals surface area contributed by atoms with Crippen molar-refractivity contribution in [3.05, 3.63) is 27.5 Å². The SMILES string of the molecule is Cc1nc(=S)c(C)c(-c2ccsn2)[nH]1. The largest absolute Gasteiger partial charge is 0.342 e. The molecule has 0 bridgehead atoms. The van der Waals surface area contributed by atoms with Crippen molar-refractivity contribution in [3.63, 3.8) is 0 Å². The van der Waals surface area contributed by atoms with E-state index in [1.54, 1.807) is 0 Å². The van der Waals surface area contributed by atoms with Gasteiger partial charge in [0, 0.05) is 10.9 Å². The number of hydrogen-bond acceptors (Lipinski definition) is 4. The molecule has 5 heteroatoms. The molecule has 0 unspecified atom stereocenters. The average Bonchev–Trinajstić information content (AvgIpc) is 2.63. The van der Waals surface area contributed by atoms with Gasteiger partial charge in [-0.25, -0.2) is 4.98 Å². The molecule has 3 nitrogen and oxygen atoms in total. The Morgan fingerprint density at radius 3 is 2.86 bits per heavy atom. The van der Waals surface area contributed by atoms with E-state index in [0.29, 0.717) is 4.64 Å². The molecule has 0 saturated heterocycles. The third-order valence-corrected chi connectivity index (χ3v) is 2.92. The van der Waals surface area contributed by atoms with Gasteiger partial charge in [0.15, 0.2) is 0 Å². The summed E-state index contributed by atoms with van der Waals surface area (Å²) in [5, 5.41) is 1.95. The molecule has 1 N–H and O–H groups in total. The van der Waals surface area contributed by atoms with Crippen LogP contribution in [0.5, 0.6) is 0 Å². The molecule has 0 aliphatic heterocycles. The number of aromatic nitrogens is 3. The normalized spacial score (nSPS) is 10.4. The Morgan fingerprint density at radius 1 is 1.43 bits per heavy atom. The van der Waals surface area contributed by atoms with Crippen molar-refractivity contribution < 1.29 is 0 Å². The highest BCUT2D eigenvalue weighted by Crippen LogP contribution is 2.20. The van der Waals surface area contributed by atoms with Crippen LogP contribution in [-0.4, -0.2) is 14.3 Å². The molecule has 2 aromatic heterocycles. The van der Waals surface area contributed by atoms with E-state index in [2.05, 4.69) is 14.3 Å². The van der Waals surface area contributed by atoms with Gasteiger partial charge >= 0.3 is 0 Å². The van der Waals surface area contributed by atoms with Crippen molar-refractivity contribution in [2.24, 2.45) is 0 Å². The molecule has 0 aromatic carbocycles. The van der Waals surface area contributed by atoms with Gasteiger partial charge in [-0.1, -0.05) is 12.2 Å². The summed E-state index contributed by atoms with van der Waals surface area (Å²) in [5.41, 5.74) is 2.89. The molecule has 0 amide bonds. The fourth-order valence-electron chi connectivity index (χ4n) is 1.24. The Balaban J connectivity index is 2.70. The second-order valence-electron chi connectivity index (χ2n) is 3.01. The van der Waals surface area contributed by atoms with E-state index in [0.717, 1.165) is 22.8 Å². The van der Waals surface area contributed by atoms with E-state index in [1.807, 2.05) is 25.3 Å². The van der Waals surface area contributed by atoms with Gasteiger partial charge in [-0.2, -0.15) is 4.37 Å². The van der Waals surface area contributed by atoms with Crippen LogP contribution in [0.15, 0.2) is 11.4 Å². The monoisotopic (exact) mass is 223 g/mol. The highest BCUT2D eigenvalue weighted by molar-refractivity contribution is 7.71. The number of nitrogens with one attached hydrogen (secondary N) is 1. The van der Waals surface area contributed by atoms with Gasteiger partial charge in [-0.05, 0) is 31.4 Å². The van der Waals surface area contributed by atoms with Crippen molar-refractivity contribution in [2.75, 3.05) is 0 Å². The van der Waals surface area contributed by atoms with Gasteiger partial charge in [-0.3, -0.25) is 0 Å². The maximum absolute atomic E-state index is 5.15. The van der Waals surface area contributed by atoms with Crippen LogP contribution >= 0.6 is 23.8 Å². The summed E-state index contributed by atoms with van der Waals surface area (Å²) >= 11 is 6.58.